The number of rotatable bonds is 5. The fourth-order valence-electron chi connectivity index (χ4n) is 3.55. The fourth-order valence-corrected chi connectivity index (χ4v) is 3.55. The van der Waals surface area contributed by atoms with E-state index >= 15 is 0 Å². The lowest BCUT2D eigenvalue weighted by Crippen LogP contribution is -2.48. The number of amides is 1. The highest BCUT2D eigenvalue weighted by molar-refractivity contribution is 5.92. The second-order valence-electron chi connectivity index (χ2n) is 7.53. The van der Waals surface area contributed by atoms with Crippen LogP contribution in [0.5, 0.6) is 11.6 Å². The van der Waals surface area contributed by atoms with Crippen molar-refractivity contribution in [2.45, 2.75) is 13.8 Å². The first-order valence-corrected chi connectivity index (χ1v) is 10.4. The van der Waals surface area contributed by atoms with E-state index in [1.165, 1.54) is 0 Å². The van der Waals surface area contributed by atoms with Crippen molar-refractivity contribution < 1.29 is 9.53 Å². The van der Waals surface area contributed by atoms with Gasteiger partial charge in [0, 0.05) is 38.3 Å². The Morgan fingerprint density at radius 3 is 2.39 bits per heavy atom. The van der Waals surface area contributed by atoms with Crippen molar-refractivity contribution in [2.24, 2.45) is 0 Å². The first-order chi connectivity index (χ1) is 15.1. The first-order valence-electron chi connectivity index (χ1n) is 10.4. The molecule has 0 aliphatic carbocycles. The highest BCUT2D eigenvalue weighted by Crippen LogP contribution is 2.24. The summed E-state index contributed by atoms with van der Waals surface area (Å²) in [5.74, 6) is 2.77. The molecule has 3 aromatic rings. The molecule has 0 unspecified atom stereocenters. The number of hydrogen-bond acceptors (Lipinski definition) is 5. The summed E-state index contributed by atoms with van der Waals surface area (Å²) >= 11 is 0. The van der Waals surface area contributed by atoms with E-state index in [-0.39, 0.29) is 5.91 Å². The zero-order valence-electron chi connectivity index (χ0n) is 17.9. The molecule has 6 heteroatoms. The quantitative estimate of drug-likeness (QED) is 0.584. The molecule has 31 heavy (non-hydrogen) atoms. The number of piperazine rings is 1. The van der Waals surface area contributed by atoms with Gasteiger partial charge in [0.2, 0.25) is 11.8 Å². The van der Waals surface area contributed by atoms with Gasteiger partial charge in [0.05, 0.1) is 0 Å². The second-order valence-corrected chi connectivity index (χ2v) is 7.53. The standard InChI is InChI=1S/C25H26N4O2/c1-19-8-6-7-9-21(19)12-13-25(30)29-16-14-28(15-17-29)23-18-24(27-20(2)26-23)31-22-10-4-3-5-11-22/h3-13,18H,14-17H2,1-2H3/b13-12+. The zero-order valence-corrected chi connectivity index (χ0v) is 17.9. The molecule has 1 aliphatic heterocycles. The minimum absolute atomic E-state index is 0.0369. The van der Waals surface area contributed by atoms with Crippen molar-refractivity contribution >= 4 is 17.8 Å². The molecule has 0 radical (unpaired) electrons. The largest absolute Gasteiger partial charge is 0.439 e. The summed E-state index contributed by atoms with van der Waals surface area (Å²) in [5, 5.41) is 0. The number of aromatic nitrogens is 2. The van der Waals surface area contributed by atoms with Crippen LogP contribution in [0.2, 0.25) is 0 Å². The molecule has 2 aromatic carbocycles. The van der Waals surface area contributed by atoms with E-state index in [0.29, 0.717) is 37.9 Å². The highest BCUT2D eigenvalue weighted by Gasteiger charge is 2.21. The molecule has 0 N–H and O–H groups in total. The molecular formula is C25H26N4O2. The normalized spacial score (nSPS) is 14.1. The molecule has 0 atom stereocenters. The van der Waals surface area contributed by atoms with Gasteiger partial charge in [-0.2, -0.15) is 4.98 Å². The van der Waals surface area contributed by atoms with Crippen LogP contribution in [0.1, 0.15) is 17.0 Å². The van der Waals surface area contributed by atoms with Crippen molar-refractivity contribution in [3.05, 3.63) is 83.7 Å². The minimum atomic E-state index is 0.0369. The van der Waals surface area contributed by atoms with Crippen molar-refractivity contribution in [3.8, 4) is 11.6 Å². The monoisotopic (exact) mass is 414 g/mol. The van der Waals surface area contributed by atoms with Gasteiger partial charge in [-0.1, -0.05) is 42.5 Å². The molecule has 1 aliphatic rings. The van der Waals surface area contributed by atoms with Gasteiger partial charge in [-0.25, -0.2) is 4.98 Å². The van der Waals surface area contributed by atoms with Crippen LogP contribution in [-0.2, 0) is 4.79 Å². The molecule has 2 heterocycles. The van der Waals surface area contributed by atoms with Crippen LogP contribution in [0.3, 0.4) is 0 Å². The topological polar surface area (TPSA) is 58.6 Å². The molecule has 0 spiro atoms. The Hall–Kier alpha value is -3.67. The summed E-state index contributed by atoms with van der Waals surface area (Å²) in [6.07, 6.45) is 3.56. The summed E-state index contributed by atoms with van der Waals surface area (Å²) in [7, 11) is 0. The Morgan fingerprint density at radius 2 is 1.65 bits per heavy atom. The molecule has 0 saturated carbocycles. The van der Waals surface area contributed by atoms with Crippen LogP contribution >= 0.6 is 0 Å². The van der Waals surface area contributed by atoms with Crippen molar-refractivity contribution in [1.29, 1.82) is 0 Å². The second kappa shape index (κ2) is 9.43. The molecule has 4 rings (SSSR count). The Morgan fingerprint density at radius 1 is 0.935 bits per heavy atom. The van der Waals surface area contributed by atoms with Gasteiger partial charge in [0.25, 0.3) is 0 Å². The lowest BCUT2D eigenvalue weighted by molar-refractivity contribution is -0.126. The predicted octanol–water partition coefficient (Wildman–Crippen LogP) is 4.25. The van der Waals surface area contributed by atoms with Crippen LogP contribution < -0.4 is 9.64 Å². The average Bonchev–Trinajstić information content (AvgIpc) is 2.79. The zero-order chi connectivity index (χ0) is 21.6. The van der Waals surface area contributed by atoms with Gasteiger partial charge in [0.1, 0.15) is 17.4 Å². The Balaban J connectivity index is 1.38. The Kier molecular flexibility index (Phi) is 6.26. The highest BCUT2D eigenvalue weighted by atomic mass is 16.5. The molecule has 0 bridgehead atoms. The molecule has 6 nitrogen and oxygen atoms in total. The van der Waals surface area contributed by atoms with E-state index in [1.54, 1.807) is 6.08 Å². The molecular weight excluding hydrogens is 388 g/mol. The summed E-state index contributed by atoms with van der Waals surface area (Å²) in [5.41, 5.74) is 2.22. The van der Waals surface area contributed by atoms with E-state index in [9.17, 15) is 4.79 Å². The summed E-state index contributed by atoms with van der Waals surface area (Å²) in [6.45, 7) is 6.62. The number of para-hydroxylation sites is 1. The SMILES string of the molecule is Cc1nc(Oc2ccccc2)cc(N2CCN(C(=O)/C=C/c3ccccc3C)CC2)n1. The van der Waals surface area contributed by atoms with E-state index in [4.69, 9.17) is 4.74 Å². The molecule has 1 amide bonds. The van der Waals surface area contributed by atoms with Crippen LogP contribution in [-0.4, -0.2) is 47.0 Å². The third kappa shape index (κ3) is 5.28. The van der Waals surface area contributed by atoms with Crippen LogP contribution in [0, 0.1) is 13.8 Å². The van der Waals surface area contributed by atoms with Gasteiger partial charge in [-0.15, -0.1) is 0 Å². The van der Waals surface area contributed by atoms with Crippen LogP contribution in [0.4, 0.5) is 5.82 Å². The van der Waals surface area contributed by atoms with E-state index in [1.807, 2.05) is 85.5 Å². The number of hydrogen-bond donors (Lipinski definition) is 0. The average molecular weight is 415 g/mol. The first kappa shape index (κ1) is 20.6. The van der Waals surface area contributed by atoms with Crippen molar-refractivity contribution in [1.82, 2.24) is 14.9 Å². The number of nitrogens with zero attached hydrogens (tertiary/aromatic N) is 4. The lowest BCUT2D eigenvalue weighted by Gasteiger charge is -2.35. The van der Waals surface area contributed by atoms with Gasteiger partial charge >= 0.3 is 0 Å². The number of carbonyl (C=O) groups excluding carboxylic acids is 1. The number of carbonyl (C=O) groups is 1. The summed E-state index contributed by atoms with van der Waals surface area (Å²) < 4.78 is 5.88. The third-order valence-corrected chi connectivity index (χ3v) is 5.28. The summed E-state index contributed by atoms with van der Waals surface area (Å²) in [6, 6.07) is 19.5. The van der Waals surface area contributed by atoms with Crippen molar-refractivity contribution in [3.63, 3.8) is 0 Å². The van der Waals surface area contributed by atoms with Gasteiger partial charge in [-0.05, 0) is 43.2 Å². The van der Waals surface area contributed by atoms with Gasteiger partial charge < -0.3 is 14.5 Å². The molecule has 1 saturated heterocycles. The van der Waals surface area contributed by atoms with Gasteiger partial charge in [-0.3, -0.25) is 4.79 Å². The number of anilines is 1. The van der Waals surface area contributed by atoms with Crippen LogP contribution in [0.25, 0.3) is 6.08 Å². The smallest absolute Gasteiger partial charge is 0.246 e. The predicted molar refractivity (Wildman–Crippen MR) is 122 cm³/mol. The van der Waals surface area contributed by atoms with E-state index < -0.39 is 0 Å². The molecule has 1 aromatic heterocycles. The van der Waals surface area contributed by atoms with E-state index in [2.05, 4.69) is 14.9 Å². The maximum Gasteiger partial charge on any atom is 0.246 e. The van der Waals surface area contributed by atoms with E-state index in [0.717, 1.165) is 22.7 Å². The van der Waals surface area contributed by atoms with Gasteiger partial charge in [0.15, 0.2) is 0 Å². The number of benzene rings is 2. The maximum atomic E-state index is 12.6. The Labute approximate surface area is 182 Å². The number of aryl methyl sites for hydroxylation is 2. The Bertz CT molecular complexity index is 1070. The number of ether oxygens (including phenoxy) is 1. The molecule has 1 fully saturated rings. The minimum Gasteiger partial charge on any atom is -0.439 e. The van der Waals surface area contributed by atoms with Crippen molar-refractivity contribution in [2.75, 3.05) is 31.1 Å². The third-order valence-electron chi connectivity index (χ3n) is 5.28. The maximum absolute atomic E-state index is 12.6. The lowest BCUT2D eigenvalue weighted by atomic mass is 10.1. The molecule has 158 valence electrons. The summed E-state index contributed by atoms with van der Waals surface area (Å²) in [4.78, 5) is 25.6. The van der Waals surface area contributed by atoms with Crippen LogP contribution in [0.15, 0.2) is 66.7 Å². The fraction of sp³-hybridized carbons (Fsp3) is 0.240.